The predicted octanol–water partition coefficient (Wildman–Crippen LogP) is 2.51. The van der Waals surface area contributed by atoms with Crippen molar-refractivity contribution >= 4 is 17.6 Å². The number of carbonyl (C=O) groups is 2. The number of hydrogen-bond acceptors (Lipinski definition) is 4. The van der Waals surface area contributed by atoms with E-state index in [1.165, 1.54) is 32.1 Å². The van der Waals surface area contributed by atoms with Gasteiger partial charge in [0, 0.05) is 12.6 Å². The van der Waals surface area contributed by atoms with Gasteiger partial charge in [0.1, 0.15) is 0 Å². The van der Waals surface area contributed by atoms with E-state index in [2.05, 4.69) is 15.6 Å². The quantitative estimate of drug-likeness (QED) is 0.809. The summed E-state index contributed by atoms with van der Waals surface area (Å²) in [6.07, 6.45) is 8.20. The zero-order valence-electron chi connectivity index (χ0n) is 13.6. The molecule has 1 aliphatic carbocycles. The second kappa shape index (κ2) is 9.12. The Morgan fingerprint density at radius 1 is 1.26 bits per heavy atom. The fourth-order valence-corrected chi connectivity index (χ4v) is 2.64. The van der Waals surface area contributed by atoms with Crippen molar-refractivity contribution in [2.45, 2.75) is 45.4 Å². The monoisotopic (exact) mass is 319 g/mol. The largest absolute Gasteiger partial charge is 0.489 e. The highest BCUT2D eigenvalue weighted by Gasteiger charge is 2.16. The van der Waals surface area contributed by atoms with Crippen LogP contribution in [0.2, 0.25) is 0 Å². The van der Waals surface area contributed by atoms with Gasteiger partial charge in [0.25, 0.3) is 0 Å². The molecule has 23 heavy (non-hydrogen) atoms. The first-order valence-electron chi connectivity index (χ1n) is 8.33. The third-order valence-corrected chi connectivity index (χ3v) is 4.00. The topological polar surface area (TPSA) is 80.3 Å². The first kappa shape index (κ1) is 17.2. The lowest BCUT2D eigenvalue weighted by atomic mass is 9.90. The van der Waals surface area contributed by atoms with Crippen molar-refractivity contribution in [2.24, 2.45) is 5.92 Å². The summed E-state index contributed by atoms with van der Waals surface area (Å²) < 4.78 is 5.86. The number of nitrogens with zero attached hydrogens (tertiary/aromatic N) is 1. The number of amides is 2. The number of nitrogens with one attached hydrogen (secondary N) is 2. The van der Waals surface area contributed by atoms with Crippen LogP contribution in [0.1, 0.15) is 45.4 Å². The van der Waals surface area contributed by atoms with E-state index in [1.807, 2.05) is 0 Å². The van der Waals surface area contributed by atoms with Gasteiger partial charge in [-0.05, 0) is 30.9 Å². The van der Waals surface area contributed by atoms with E-state index in [9.17, 15) is 9.59 Å². The van der Waals surface area contributed by atoms with Gasteiger partial charge in [-0.25, -0.2) is 4.98 Å². The van der Waals surface area contributed by atoms with Crippen molar-refractivity contribution in [1.29, 1.82) is 0 Å². The molecule has 1 aliphatic rings. The maximum absolute atomic E-state index is 11.9. The molecule has 0 spiro atoms. The normalized spacial score (nSPS) is 15.0. The molecule has 6 nitrogen and oxygen atoms in total. The highest BCUT2D eigenvalue weighted by molar-refractivity contribution is 5.94. The summed E-state index contributed by atoms with van der Waals surface area (Å²) in [6.45, 7) is 2.33. The van der Waals surface area contributed by atoms with Crippen molar-refractivity contribution in [2.75, 3.05) is 18.5 Å². The minimum Gasteiger partial charge on any atom is -0.489 e. The Kier molecular flexibility index (Phi) is 6.84. The molecular weight excluding hydrogens is 294 g/mol. The van der Waals surface area contributed by atoms with Crippen molar-refractivity contribution in [3.05, 3.63) is 18.3 Å². The fraction of sp³-hybridized carbons (Fsp3) is 0.588. The third kappa shape index (κ3) is 5.88. The molecule has 2 amide bonds. The molecule has 0 aliphatic heterocycles. The Balaban J connectivity index is 1.86. The van der Waals surface area contributed by atoms with Crippen LogP contribution < -0.4 is 15.4 Å². The average Bonchev–Trinajstić information content (AvgIpc) is 2.59. The van der Waals surface area contributed by atoms with E-state index in [1.54, 1.807) is 25.3 Å². The van der Waals surface area contributed by atoms with Crippen molar-refractivity contribution in [3.63, 3.8) is 0 Å². The standard InChI is InChI=1S/C17H25N3O3/c1-2-15(21)19-11-16(22)20-17-14(9-6-10-18-17)23-12-13-7-4-3-5-8-13/h6,9-10,13H,2-5,7-8,11-12H2,1H3,(H,19,21)(H,18,20,22). The van der Waals surface area contributed by atoms with Crippen molar-refractivity contribution in [3.8, 4) is 5.75 Å². The molecule has 1 saturated carbocycles. The van der Waals surface area contributed by atoms with Crippen LogP contribution in [0, 0.1) is 5.92 Å². The van der Waals surface area contributed by atoms with Crippen molar-refractivity contribution < 1.29 is 14.3 Å². The summed E-state index contributed by atoms with van der Waals surface area (Å²) in [5.74, 6) is 1.09. The number of anilines is 1. The highest BCUT2D eigenvalue weighted by atomic mass is 16.5. The Hall–Kier alpha value is -2.11. The summed E-state index contributed by atoms with van der Waals surface area (Å²) in [5.41, 5.74) is 0. The molecule has 1 heterocycles. The van der Waals surface area contributed by atoms with Gasteiger partial charge < -0.3 is 15.4 Å². The molecule has 2 N–H and O–H groups in total. The number of hydrogen-bond donors (Lipinski definition) is 2. The minimum absolute atomic E-state index is 0.0642. The van der Waals surface area contributed by atoms with Gasteiger partial charge in [0.2, 0.25) is 11.8 Å². The SMILES string of the molecule is CCC(=O)NCC(=O)Nc1ncccc1OCC1CCCCC1. The van der Waals surface area contributed by atoms with Gasteiger partial charge >= 0.3 is 0 Å². The molecule has 1 aromatic rings. The van der Waals surface area contributed by atoms with Crippen LogP contribution in [0.25, 0.3) is 0 Å². The second-order valence-corrected chi connectivity index (χ2v) is 5.84. The number of rotatable bonds is 7. The maximum atomic E-state index is 11.9. The van der Waals surface area contributed by atoms with Gasteiger partial charge in [-0.15, -0.1) is 0 Å². The molecular formula is C17H25N3O3. The second-order valence-electron chi connectivity index (χ2n) is 5.84. The summed E-state index contributed by atoms with van der Waals surface area (Å²) in [7, 11) is 0. The molecule has 2 rings (SSSR count). The summed E-state index contributed by atoms with van der Waals surface area (Å²) >= 11 is 0. The van der Waals surface area contributed by atoms with E-state index in [0.717, 1.165) is 0 Å². The molecule has 0 bridgehead atoms. The van der Waals surface area contributed by atoms with Crippen LogP contribution in [0.15, 0.2) is 18.3 Å². The maximum Gasteiger partial charge on any atom is 0.245 e. The Labute approximate surface area is 137 Å². The Morgan fingerprint density at radius 3 is 2.78 bits per heavy atom. The molecule has 6 heteroatoms. The van der Waals surface area contributed by atoms with E-state index in [0.29, 0.717) is 30.5 Å². The molecule has 1 fully saturated rings. The smallest absolute Gasteiger partial charge is 0.245 e. The zero-order chi connectivity index (χ0) is 16.5. The van der Waals surface area contributed by atoms with E-state index < -0.39 is 0 Å². The van der Waals surface area contributed by atoms with Gasteiger partial charge in [-0.3, -0.25) is 9.59 Å². The third-order valence-electron chi connectivity index (χ3n) is 4.00. The van der Waals surface area contributed by atoms with Crippen LogP contribution in [0.4, 0.5) is 5.82 Å². The van der Waals surface area contributed by atoms with Crippen LogP contribution >= 0.6 is 0 Å². The lowest BCUT2D eigenvalue weighted by molar-refractivity contribution is -0.123. The molecule has 0 aromatic carbocycles. The lowest BCUT2D eigenvalue weighted by Crippen LogP contribution is -2.32. The Morgan fingerprint density at radius 2 is 2.04 bits per heavy atom. The Bertz CT molecular complexity index is 528. The molecule has 0 unspecified atom stereocenters. The van der Waals surface area contributed by atoms with Gasteiger partial charge in [-0.1, -0.05) is 26.2 Å². The molecule has 126 valence electrons. The van der Waals surface area contributed by atoms with E-state index in [4.69, 9.17) is 4.74 Å². The molecule has 0 atom stereocenters. The van der Waals surface area contributed by atoms with Crippen LogP contribution in [-0.4, -0.2) is 29.9 Å². The van der Waals surface area contributed by atoms with Gasteiger partial charge in [0.05, 0.1) is 13.2 Å². The molecule has 1 aromatic heterocycles. The first-order valence-corrected chi connectivity index (χ1v) is 8.33. The lowest BCUT2D eigenvalue weighted by Gasteiger charge is -2.22. The summed E-state index contributed by atoms with van der Waals surface area (Å²) in [4.78, 5) is 27.2. The van der Waals surface area contributed by atoms with E-state index >= 15 is 0 Å². The summed E-state index contributed by atoms with van der Waals surface area (Å²) in [5, 5.41) is 5.22. The predicted molar refractivity (Wildman–Crippen MR) is 88.2 cm³/mol. The van der Waals surface area contributed by atoms with Crippen LogP contribution in [0.5, 0.6) is 5.75 Å². The summed E-state index contributed by atoms with van der Waals surface area (Å²) in [6, 6.07) is 3.58. The zero-order valence-corrected chi connectivity index (χ0v) is 13.6. The number of carbonyl (C=O) groups excluding carboxylic acids is 2. The number of pyridine rings is 1. The van der Waals surface area contributed by atoms with Gasteiger partial charge in [0.15, 0.2) is 11.6 Å². The average molecular weight is 319 g/mol. The highest BCUT2D eigenvalue weighted by Crippen LogP contribution is 2.26. The molecule has 0 radical (unpaired) electrons. The van der Waals surface area contributed by atoms with Crippen LogP contribution in [0.3, 0.4) is 0 Å². The van der Waals surface area contributed by atoms with E-state index in [-0.39, 0.29) is 18.4 Å². The number of aromatic nitrogens is 1. The minimum atomic E-state index is -0.312. The first-order chi connectivity index (χ1) is 11.2. The van der Waals surface area contributed by atoms with Crippen LogP contribution in [-0.2, 0) is 9.59 Å². The molecule has 0 saturated heterocycles. The van der Waals surface area contributed by atoms with Crippen molar-refractivity contribution in [1.82, 2.24) is 10.3 Å². The van der Waals surface area contributed by atoms with Gasteiger partial charge in [-0.2, -0.15) is 0 Å². The fourth-order valence-electron chi connectivity index (χ4n) is 2.64. The number of ether oxygens (including phenoxy) is 1.